The van der Waals surface area contributed by atoms with Gasteiger partial charge in [-0.1, -0.05) is 17.3 Å². The summed E-state index contributed by atoms with van der Waals surface area (Å²) in [4.78, 5) is 31.2. The first-order chi connectivity index (χ1) is 12.0. The van der Waals surface area contributed by atoms with Crippen LogP contribution in [0, 0.1) is 13.8 Å². The van der Waals surface area contributed by atoms with Gasteiger partial charge >= 0.3 is 0 Å². The molecule has 130 valence electrons. The Hall–Kier alpha value is -2.96. The maximum Gasteiger partial charge on any atom is 0.270 e. The third-order valence-electron chi connectivity index (χ3n) is 4.14. The molecule has 0 spiro atoms. The van der Waals surface area contributed by atoms with Crippen molar-refractivity contribution in [1.29, 1.82) is 0 Å². The van der Waals surface area contributed by atoms with Gasteiger partial charge in [0.05, 0.1) is 16.7 Å². The van der Waals surface area contributed by atoms with E-state index in [1.165, 1.54) is 0 Å². The van der Waals surface area contributed by atoms with E-state index in [1.54, 1.807) is 6.07 Å². The molecule has 0 saturated heterocycles. The lowest BCUT2D eigenvalue weighted by Gasteiger charge is -2.05. The maximum absolute atomic E-state index is 12.0. The summed E-state index contributed by atoms with van der Waals surface area (Å²) in [7, 11) is 0. The van der Waals surface area contributed by atoms with Crippen molar-refractivity contribution in [2.75, 3.05) is 6.54 Å². The zero-order chi connectivity index (χ0) is 17.8. The van der Waals surface area contributed by atoms with Crippen molar-refractivity contribution in [2.45, 2.75) is 33.1 Å². The molecule has 0 saturated carbocycles. The van der Waals surface area contributed by atoms with Crippen LogP contribution < -0.4 is 10.9 Å². The fraction of sp³-hybridized carbons (Fsp3) is 0.333. The molecular weight excluding hydrogens is 320 g/mol. The highest BCUT2D eigenvalue weighted by molar-refractivity contribution is 5.76. The number of hydrogen-bond acceptors (Lipinski definition) is 5. The van der Waals surface area contributed by atoms with E-state index in [2.05, 4.69) is 20.4 Å². The highest BCUT2D eigenvalue weighted by atomic mass is 16.5. The molecule has 0 radical (unpaired) electrons. The standard InChI is InChI=1S/C18H20N4O3/c1-11-13(12(2)25-22-11)9-10-19-17(23)8-7-16-18(24)21-15-6-4-3-5-14(15)20-16/h3-6H,7-10H2,1-2H3,(H,19,23)(H,21,24). The summed E-state index contributed by atoms with van der Waals surface area (Å²) in [6.07, 6.45) is 1.19. The quantitative estimate of drug-likeness (QED) is 0.713. The number of aryl methyl sites for hydroxylation is 3. The van der Waals surface area contributed by atoms with Crippen LogP contribution in [0.1, 0.15) is 29.1 Å². The number of rotatable bonds is 6. The van der Waals surface area contributed by atoms with E-state index in [9.17, 15) is 9.59 Å². The van der Waals surface area contributed by atoms with Crippen molar-refractivity contribution in [2.24, 2.45) is 0 Å². The van der Waals surface area contributed by atoms with Crippen LogP contribution >= 0.6 is 0 Å². The lowest BCUT2D eigenvalue weighted by Crippen LogP contribution is -2.27. The predicted octanol–water partition coefficient (Wildman–Crippen LogP) is 1.82. The summed E-state index contributed by atoms with van der Waals surface area (Å²) < 4.78 is 5.10. The maximum atomic E-state index is 12.0. The summed E-state index contributed by atoms with van der Waals surface area (Å²) in [6, 6.07) is 7.33. The molecule has 0 bridgehead atoms. The summed E-state index contributed by atoms with van der Waals surface area (Å²) in [5.41, 5.74) is 3.41. The molecule has 0 fully saturated rings. The van der Waals surface area contributed by atoms with Gasteiger partial charge in [0.15, 0.2) is 0 Å². The molecule has 3 rings (SSSR count). The number of benzene rings is 1. The van der Waals surface area contributed by atoms with Gasteiger partial charge in [-0.2, -0.15) is 0 Å². The summed E-state index contributed by atoms with van der Waals surface area (Å²) in [5, 5.41) is 6.74. The lowest BCUT2D eigenvalue weighted by molar-refractivity contribution is -0.121. The van der Waals surface area contributed by atoms with Gasteiger partial charge in [-0.15, -0.1) is 0 Å². The highest BCUT2D eigenvalue weighted by Crippen LogP contribution is 2.12. The second-order valence-corrected chi connectivity index (χ2v) is 5.93. The number of carbonyl (C=O) groups is 1. The van der Waals surface area contributed by atoms with Gasteiger partial charge in [0.2, 0.25) is 5.91 Å². The highest BCUT2D eigenvalue weighted by Gasteiger charge is 2.11. The fourth-order valence-corrected chi connectivity index (χ4v) is 2.74. The van der Waals surface area contributed by atoms with E-state index < -0.39 is 0 Å². The number of nitrogens with zero attached hydrogens (tertiary/aromatic N) is 2. The van der Waals surface area contributed by atoms with Gasteiger partial charge in [-0.25, -0.2) is 4.98 Å². The summed E-state index contributed by atoms with van der Waals surface area (Å²) in [6.45, 7) is 4.24. The molecule has 3 aromatic rings. The number of aromatic nitrogens is 3. The van der Waals surface area contributed by atoms with E-state index in [0.29, 0.717) is 30.6 Å². The Bertz CT molecular complexity index is 939. The Morgan fingerprint density at radius 2 is 2.04 bits per heavy atom. The van der Waals surface area contributed by atoms with Crippen LogP contribution in [0.25, 0.3) is 11.0 Å². The number of para-hydroxylation sites is 2. The smallest absolute Gasteiger partial charge is 0.270 e. The number of fused-ring (bicyclic) bond motifs is 1. The number of aromatic amines is 1. The zero-order valence-electron chi connectivity index (χ0n) is 14.3. The topological polar surface area (TPSA) is 101 Å². The van der Waals surface area contributed by atoms with Gasteiger partial charge in [-0.3, -0.25) is 9.59 Å². The summed E-state index contributed by atoms with van der Waals surface area (Å²) in [5.74, 6) is 0.666. The molecule has 7 nitrogen and oxygen atoms in total. The molecule has 1 amide bonds. The largest absolute Gasteiger partial charge is 0.361 e. The van der Waals surface area contributed by atoms with Crippen molar-refractivity contribution >= 4 is 16.9 Å². The lowest BCUT2D eigenvalue weighted by atomic mass is 10.1. The normalized spacial score (nSPS) is 11.0. The van der Waals surface area contributed by atoms with Crippen molar-refractivity contribution < 1.29 is 9.32 Å². The Morgan fingerprint density at radius 1 is 1.24 bits per heavy atom. The van der Waals surface area contributed by atoms with Crippen LogP contribution in [0.3, 0.4) is 0 Å². The average Bonchev–Trinajstić information content (AvgIpc) is 2.92. The molecule has 25 heavy (non-hydrogen) atoms. The minimum atomic E-state index is -0.248. The first kappa shape index (κ1) is 16.9. The van der Waals surface area contributed by atoms with Gasteiger partial charge in [0.1, 0.15) is 11.5 Å². The van der Waals surface area contributed by atoms with Crippen molar-refractivity contribution in [3.8, 4) is 0 Å². The van der Waals surface area contributed by atoms with E-state index in [-0.39, 0.29) is 17.9 Å². The first-order valence-corrected chi connectivity index (χ1v) is 8.21. The monoisotopic (exact) mass is 340 g/mol. The Kier molecular flexibility index (Phi) is 4.92. The third kappa shape index (κ3) is 3.93. The Morgan fingerprint density at radius 3 is 2.80 bits per heavy atom. The number of H-pyrrole nitrogens is 1. The third-order valence-corrected chi connectivity index (χ3v) is 4.14. The first-order valence-electron chi connectivity index (χ1n) is 8.21. The van der Waals surface area contributed by atoms with E-state index in [0.717, 1.165) is 22.5 Å². The van der Waals surface area contributed by atoms with E-state index in [1.807, 2.05) is 32.0 Å². The minimum Gasteiger partial charge on any atom is -0.361 e. The molecule has 2 heterocycles. The SMILES string of the molecule is Cc1noc(C)c1CCNC(=O)CCc1nc2ccccc2[nH]c1=O. The molecule has 7 heteroatoms. The van der Waals surface area contributed by atoms with Crippen LogP contribution in [0.5, 0.6) is 0 Å². The Labute approximate surface area is 144 Å². The van der Waals surface area contributed by atoms with E-state index in [4.69, 9.17) is 4.52 Å². The number of amides is 1. The molecule has 0 aliphatic heterocycles. The van der Waals surface area contributed by atoms with Crippen LogP contribution in [-0.2, 0) is 17.6 Å². The Balaban J connectivity index is 1.54. The zero-order valence-corrected chi connectivity index (χ0v) is 14.3. The van der Waals surface area contributed by atoms with Gasteiger partial charge in [0, 0.05) is 24.9 Å². The second kappa shape index (κ2) is 7.29. The fourth-order valence-electron chi connectivity index (χ4n) is 2.74. The second-order valence-electron chi connectivity index (χ2n) is 5.93. The van der Waals surface area contributed by atoms with Crippen LogP contribution in [0.4, 0.5) is 0 Å². The van der Waals surface area contributed by atoms with Gasteiger partial charge in [-0.05, 0) is 32.4 Å². The molecule has 0 aliphatic rings. The minimum absolute atomic E-state index is 0.110. The molecule has 2 N–H and O–H groups in total. The molecule has 1 aromatic carbocycles. The van der Waals surface area contributed by atoms with Crippen LogP contribution in [0.2, 0.25) is 0 Å². The molecule has 2 aromatic heterocycles. The van der Waals surface area contributed by atoms with E-state index >= 15 is 0 Å². The van der Waals surface area contributed by atoms with Crippen LogP contribution in [0.15, 0.2) is 33.6 Å². The number of hydrogen-bond donors (Lipinski definition) is 2. The van der Waals surface area contributed by atoms with Crippen LogP contribution in [-0.4, -0.2) is 27.6 Å². The van der Waals surface area contributed by atoms with Gasteiger partial charge in [0.25, 0.3) is 5.56 Å². The molecule has 0 atom stereocenters. The number of nitrogens with one attached hydrogen (secondary N) is 2. The molecule has 0 unspecified atom stereocenters. The van der Waals surface area contributed by atoms with Crippen molar-refractivity contribution in [3.63, 3.8) is 0 Å². The molecular formula is C18H20N4O3. The average molecular weight is 340 g/mol. The molecule has 0 aliphatic carbocycles. The van der Waals surface area contributed by atoms with Crippen molar-refractivity contribution in [3.05, 3.63) is 57.3 Å². The summed E-state index contributed by atoms with van der Waals surface area (Å²) >= 11 is 0. The number of carbonyl (C=O) groups excluding carboxylic acids is 1. The van der Waals surface area contributed by atoms with Crippen molar-refractivity contribution in [1.82, 2.24) is 20.4 Å². The van der Waals surface area contributed by atoms with Gasteiger partial charge < -0.3 is 14.8 Å². The predicted molar refractivity (Wildman–Crippen MR) is 93.4 cm³/mol.